The molecule has 18 heteroatoms. The van der Waals surface area contributed by atoms with Crippen molar-refractivity contribution in [2.24, 2.45) is 35.5 Å². The third-order valence-electron chi connectivity index (χ3n) is 16.7. The first kappa shape index (κ1) is 74.6. The van der Waals surface area contributed by atoms with Gasteiger partial charge in [-0.1, -0.05) is 216 Å². The molecule has 0 aromatic carbocycles. The summed E-state index contributed by atoms with van der Waals surface area (Å²) < 4.78 is 67.2. The van der Waals surface area contributed by atoms with Crippen molar-refractivity contribution in [3.05, 3.63) is 0 Å². The minimum atomic E-state index is -5.32. The number of unbranched alkanes of at least 4 members (excludes halogenated alkanes) is 24. The topological polar surface area (TPSA) is 265 Å². The molecule has 17 nitrogen and oxygen atoms in total. The van der Waals surface area contributed by atoms with Gasteiger partial charge in [0.15, 0.2) is 24.6 Å². The van der Waals surface area contributed by atoms with Crippen molar-refractivity contribution < 1.29 is 81.1 Å². The van der Waals surface area contributed by atoms with Crippen LogP contribution in [0.15, 0.2) is 0 Å². The smallest absolute Gasteiger partial charge is 0.397 e. The summed E-state index contributed by atoms with van der Waals surface area (Å²) in [7, 11) is -5.32. The van der Waals surface area contributed by atoms with E-state index in [2.05, 4.69) is 52.6 Å². The molecule has 0 radical (unpaired) electrons. The predicted molar refractivity (Wildman–Crippen MR) is 311 cm³/mol. The second-order valence-corrected chi connectivity index (χ2v) is 26.0. The minimum Gasteiger partial charge on any atom is -0.455 e. The first-order valence-corrected chi connectivity index (χ1v) is 33.5. The van der Waals surface area contributed by atoms with Crippen LogP contribution in [0.2, 0.25) is 0 Å². The quantitative estimate of drug-likeness (QED) is 0.0170. The van der Waals surface area contributed by atoms with Gasteiger partial charge in [0.2, 0.25) is 6.29 Å². The molecule has 2 fully saturated rings. The van der Waals surface area contributed by atoms with Gasteiger partial charge in [-0.3, -0.25) is 14.1 Å². The van der Waals surface area contributed by atoms with Crippen LogP contribution < -0.4 is 0 Å². The van der Waals surface area contributed by atoms with E-state index < -0.39 is 103 Å². The summed E-state index contributed by atoms with van der Waals surface area (Å²) in [5.74, 6) is -0.543. The van der Waals surface area contributed by atoms with Crippen molar-refractivity contribution in [2.45, 2.75) is 335 Å². The molecule has 7 N–H and O–H groups in total. The Hall–Kier alpha value is -1.55. The zero-order chi connectivity index (χ0) is 59.5. The zero-order valence-electron chi connectivity index (χ0n) is 51.2. The fourth-order valence-corrected chi connectivity index (χ4v) is 12.8. The molecular formula is C62H118O17S. The molecule has 80 heavy (non-hydrogen) atoms. The highest BCUT2D eigenvalue weighted by atomic mass is 32.3. The lowest BCUT2D eigenvalue weighted by atomic mass is 9.81. The number of aliphatic hydroxyl groups is 6. The molecule has 0 aromatic heterocycles. The van der Waals surface area contributed by atoms with E-state index in [-0.39, 0.29) is 24.4 Å². The highest BCUT2D eigenvalue weighted by Gasteiger charge is 2.55. The van der Waals surface area contributed by atoms with Gasteiger partial charge in [-0.05, 0) is 74.5 Å². The van der Waals surface area contributed by atoms with Crippen molar-refractivity contribution in [1.82, 2.24) is 0 Å². The largest absolute Gasteiger partial charge is 0.455 e. The average molecular weight is 1170 g/mol. The monoisotopic (exact) mass is 1170 g/mol. The minimum absolute atomic E-state index is 0.0570. The van der Waals surface area contributed by atoms with Crippen LogP contribution in [0, 0.1) is 35.5 Å². The van der Waals surface area contributed by atoms with Gasteiger partial charge in [-0.15, -0.1) is 0 Å². The molecule has 0 aromatic rings. The highest BCUT2D eigenvalue weighted by Crippen LogP contribution is 2.35. The average Bonchev–Trinajstić information content (AvgIpc) is 3.55. The van der Waals surface area contributed by atoms with Crippen molar-refractivity contribution in [1.29, 1.82) is 0 Å². The molecule has 0 spiro atoms. The van der Waals surface area contributed by atoms with E-state index in [1.807, 2.05) is 0 Å². The number of ether oxygens (including phenoxy) is 5. The van der Waals surface area contributed by atoms with Gasteiger partial charge in [-0.2, -0.15) is 8.42 Å². The lowest BCUT2D eigenvalue weighted by Crippen LogP contribution is -2.65. The van der Waals surface area contributed by atoms with Gasteiger partial charge in [0.25, 0.3) is 0 Å². The summed E-state index contributed by atoms with van der Waals surface area (Å²) in [6.45, 7) is 15.5. The molecule has 0 bridgehead atoms. The second kappa shape index (κ2) is 43.1. The third-order valence-corrected chi connectivity index (χ3v) is 17.2. The SMILES string of the molecule is CCCCCCCCCCCCCCCC(=O)OC1C(OC2OC(CO)C(O)C(O)C2OS(=O)(=O)O)OC(CO)C(O)C1OC(=O)C(C)CC(C)CC(C)CC(C)CC(C)CC(C)C(O)CCCCCCCCCCCCCCC. The maximum absolute atomic E-state index is 14.0. The Bertz CT molecular complexity index is 1670. The summed E-state index contributed by atoms with van der Waals surface area (Å²) in [6.07, 6.45) is 17.7. The van der Waals surface area contributed by atoms with Gasteiger partial charge >= 0.3 is 22.3 Å². The number of hydrogen-bond acceptors (Lipinski definition) is 16. The van der Waals surface area contributed by atoms with Gasteiger partial charge < -0.3 is 54.3 Å². The molecule has 2 aliphatic heterocycles. The van der Waals surface area contributed by atoms with Gasteiger partial charge in [0, 0.05) is 6.42 Å². The first-order chi connectivity index (χ1) is 38.1. The van der Waals surface area contributed by atoms with Crippen LogP contribution in [0.5, 0.6) is 0 Å². The number of carbonyl (C=O) groups excluding carboxylic acids is 2. The number of esters is 2. The molecule has 2 saturated heterocycles. The van der Waals surface area contributed by atoms with Gasteiger partial charge in [0.1, 0.15) is 30.5 Å². The zero-order valence-corrected chi connectivity index (χ0v) is 52.0. The predicted octanol–water partition coefficient (Wildman–Crippen LogP) is 11.6. The van der Waals surface area contributed by atoms with Gasteiger partial charge in [0.05, 0.1) is 25.2 Å². The van der Waals surface area contributed by atoms with Crippen LogP contribution in [-0.4, -0.2) is 136 Å². The van der Waals surface area contributed by atoms with E-state index in [9.17, 15) is 53.2 Å². The lowest BCUT2D eigenvalue weighted by molar-refractivity contribution is -0.374. The van der Waals surface area contributed by atoms with Crippen molar-refractivity contribution >= 4 is 22.3 Å². The molecule has 2 rings (SSSR count). The Morgan fingerprint density at radius 1 is 0.487 bits per heavy atom. The third kappa shape index (κ3) is 31.5. The van der Waals surface area contributed by atoms with E-state index in [1.165, 1.54) is 122 Å². The van der Waals surface area contributed by atoms with E-state index >= 15 is 0 Å². The number of carbonyl (C=O) groups is 2. The maximum Gasteiger partial charge on any atom is 0.397 e. The van der Waals surface area contributed by atoms with E-state index in [4.69, 9.17) is 23.7 Å². The summed E-state index contributed by atoms with van der Waals surface area (Å²) in [5.41, 5.74) is 0. The van der Waals surface area contributed by atoms with E-state index in [1.54, 1.807) is 6.92 Å². The molecule has 2 heterocycles. The fourth-order valence-electron chi connectivity index (χ4n) is 12.3. The maximum atomic E-state index is 14.0. The first-order valence-electron chi connectivity index (χ1n) is 32.1. The van der Waals surface area contributed by atoms with Crippen molar-refractivity contribution in [3.63, 3.8) is 0 Å². The van der Waals surface area contributed by atoms with Crippen LogP contribution >= 0.6 is 0 Å². The van der Waals surface area contributed by atoms with Crippen LogP contribution in [0.4, 0.5) is 0 Å². The Labute approximate surface area is 485 Å². The molecule has 474 valence electrons. The molecule has 0 aliphatic carbocycles. The second-order valence-electron chi connectivity index (χ2n) is 25.0. The highest BCUT2D eigenvalue weighted by molar-refractivity contribution is 7.80. The van der Waals surface area contributed by atoms with Gasteiger partial charge in [-0.25, -0.2) is 4.18 Å². The molecule has 17 unspecified atom stereocenters. The molecule has 17 atom stereocenters. The van der Waals surface area contributed by atoms with Crippen LogP contribution in [0.3, 0.4) is 0 Å². The molecular weight excluding hydrogens is 1050 g/mol. The van der Waals surface area contributed by atoms with E-state index in [0.717, 1.165) is 70.6 Å². The molecule has 0 saturated carbocycles. The van der Waals surface area contributed by atoms with Crippen molar-refractivity contribution in [2.75, 3.05) is 13.2 Å². The van der Waals surface area contributed by atoms with Crippen LogP contribution in [-0.2, 0) is 47.9 Å². The Morgan fingerprint density at radius 2 is 0.875 bits per heavy atom. The fraction of sp³-hybridized carbons (Fsp3) is 0.968. The van der Waals surface area contributed by atoms with Crippen LogP contribution in [0.1, 0.15) is 267 Å². The lowest BCUT2D eigenvalue weighted by Gasteiger charge is -2.46. The normalized spacial score (nSPS) is 26.3. The Morgan fingerprint density at radius 3 is 1.31 bits per heavy atom. The summed E-state index contributed by atoms with van der Waals surface area (Å²) >= 11 is 0. The number of aliphatic hydroxyl groups excluding tert-OH is 6. The van der Waals surface area contributed by atoms with Crippen molar-refractivity contribution in [3.8, 4) is 0 Å². The summed E-state index contributed by atoms with van der Waals surface area (Å²) in [5, 5.41) is 64.2. The van der Waals surface area contributed by atoms with Crippen LogP contribution in [0.25, 0.3) is 0 Å². The standard InChI is InChI=1S/C62H118O17S/c1-9-11-13-15-17-19-21-23-25-27-29-31-33-35-50(65)48(7)40-46(5)38-44(3)37-45(4)39-47(6)41-49(8)60(70)77-57-55(68)52(43-64)75-62(78-61-58(79-80(71,72)73)56(69)54(67)51(42-63)74-61)59(57)76-53(66)36-34-32-30-28-26-24-22-20-18-16-14-12-10-2/h44-52,54-59,61-65,67-69H,9-43H2,1-8H3,(H,71,72,73). The Balaban J connectivity index is 2.01. The molecule has 2 aliphatic rings. The molecule has 0 amide bonds. The Kier molecular flexibility index (Phi) is 40.2. The number of rotatable bonds is 48. The summed E-state index contributed by atoms with van der Waals surface area (Å²) in [4.78, 5) is 27.6. The van der Waals surface area contributed by atoms with E-state index in [0.29, 0.717) is 30.6 Å². The number of hydrogen-bond donors (Lipinski definition) is 7. The summed E-state index contributed by atoms with van der Waals surface area (Å²) in [6, 6.07) is 0.